The highest BCUT2D eigenvalue weighted by atomic mass is 32.2. The van der Waals surface area contributed by atoms with Gasteiger partial charge in [0.05, 0.1) is 11.1 Å². The van der Waals surface area contributed by atoms with Gasteiger partial charge in [-0.25, -0.2) is 13.8 Å². The summed E-state index contributed by atoms with van der Waals surface area (Å²) in [6.45, 7) is 0.398. The smallest absolute Gasteiger partial charge is 0.267 e. The SMILES string of the molecule is O=C(NN=Cc1ccccc1)c1ccc(CN(Cc2ccccc2)S(=O)(=O)c2ccccc2)cc1. The van der Waals surface area contributed by atoms with Crippen LogP contribution in [0.1, 0.15) is 27.0 Å². The van der Waals surface area contributed by atoms with Crippen molar-refractivity contribution in [1.29, 1.82) is 0 Å². The molecule has 0 fully saturated rings. The number of nitrogens with zero attached hydrogens (tertiary/aromatic N) is 2. The van der Waals surface area contributed by atoms with E-state index in [1.165, 1.54) is 4.31 Å². The first-order valence-electron chi connectivity index (χ1n) is 11.1. The van der Waals surface area contributed by atoms with E-state index < -0.39 is 10.0 Å². The Morgan fingerprint density at radius 1 is 0.714 bits per heavy atom. The van der Waals surface area contributed by atoms with E-state index >= 15 is 0 Å². The molecule has 4 rings (SSSR count). The van der Waals surface area contributed by atoms with E-state index in [1.54, 1.807) is 60.8 Å². The van der Waals surface area contributed by atoms with E-state index in [2.05, 4.69) is 10.5 Å². The first-order chi connectivity index (χ1) is 17.0. The molecule has 0 atom stereocenters. The highest BCUT2D eigenvalue weighted by molar-refractivity contribution is 7.89. The molecule has 0 aliphatic heterocycles. The van der Waals surface area contributed by atoms with Crippen molar-refractivity contribution in [3.63, 3.8) is 0 Å². The molecule has 176 valence electrons. The number of hydrogen-bond acceptors (Lipinski definition) is 4. The van der Waals surface area contributed by atoms with Gasteiger partial charge in [0, 0.05) is 18.7 Å². The van der Waals surface area contributed by atoms with E-state index in [0.717, 1.165) is 16.7 Å². The number of nitrogens with one attached hydrogen (secondary N) is 1. The summed E-state index contributed by atoms with van der Waals surface area (Å²) < 4.78 is 28.2. The summed E-state index contributed by atoms with van der Waals surface area (Å²) in [6, 6.07) is 34.2. The average Bonchev–Trinajstić information content (AvgIpc) is 2.90. The largest absolute Gasteiger partial charge is 0.271 e. The minimum Gasteiger partial charge on any atom is -0.267 e. The second-order valence-corrected chi connectivity index (χ2v) is 9.82. The molecule has 0 heterocycles. The number of carbonyl (C=O) groups is 1. The molecule has 0 radical (unpaired) electrons. The molecular weight excluding hydrogens is 458 g/mol. The molecule has 0 aromatic heterocycles. The lowest BCUT2D eigenvalue weighted by atomic mass is 10.1. The van der Waals surface area contributed by atoms with Crippen molar-refractivity contribution in [2.45, 2.75) is 18.0 Å². The van der Waals surface area contributed by atoms with Crippen molar-refractivity contribution < 1.29 is 13.2 Å². The van der Waals surface area contributed by atoms with Gasteiger partial charge in [-0.1, -0.05) is 91.0 Å². The maximum atomic E-state index is 13.4. The molecule has 7 heteroatoms. The number of sulfonamides is 1. The van der Waals surface area contributed by atoms with Gasteiger partial charge in [-0.15, -0.1) is 0 Å². The van der Waals surface area contributed by atoms with Crippen LogP contribution >= 0.6 is 0 Å². The predicted molar refractivity (Wildman–Crippen MR) is 137 cm³/mol. The first-order valence-corrected chi connectivity index (χ1v) is 12.5. The Morgan fingerprint density at radius 2 is 1.23 bits per heavy atom. The van der Waals surface area contributed by atoms with Crippen molar-refractivity contribution in [2.24, 2.45) is 5.10 Å². The fourth-order valence-corrected chi connectivity index (χ4v) is 4.93. The lowest BCUT2D eigenvalue weighted by Crippen LogP contribution is -2.30. The van der Waals surface area contributed by atoms with Gasteiger partial charge in [0.2, 0.25) is 10.0 Å². The Labute approximate surface area is 205 Å². The van der Waals surface area contributed by atoms with Crippen LogP contribution in [0.5, 0.6) is 0 Å². The molecular formula is C28H25N3O3S. The van der Waals surface area contributed by atoms with Gasteiger partial charge in [0.15, 0.2) is 0 Å². The molecule has 0 saturated carbocycles. The minimum absolute atomic E-state index is 0.167. The molecule has 0 unspecified atom stereocenters. The van der Waals surface area contributed by atoms with Gasteiger partial charge in [-0.3, -0.25) is 4.79 Å². The van der Waals surface area contributed by atoms with Crippen molar-refractivity contribution in [1.82, 2.24) is 9.73 Å². The van der Waals surface area contributed by atoms with Crippen molar-refractivity contribution in [3.8, 4) is 0 Å². The summed E-state index contributed by atoms with van der Waals surface area (Å²) in [4.78, 5) is 12.7. The number of benzene rings is 4. The van der Waals surface area contributed by atoms with Crippen molar-refractivity contribution in [2.75, 3.05) is 0 Å². The molecule has 4 aromatic carbocycles. The third kappa shape index (κ3) is 6.50. The Morgan fingerprint density at radius 3 is 1.83 bits per heavy atom. The Hall–Kier alpha value is -4.07. The zero-order valence-corrected chi connectivity index (χ0v) is 19.8. The zero-order chi connectivity index (χ0) is 24.5. The van der Waals surface area contributed by atoms with Crippen LogP contribution in [0, 0.1) is 0 Å². The van der Waals surface area contributed by atoms with Crippen LogP contribution in [0.3, 0.4) is 0 Å². The Balaban J connectivity index is 1.49. The third-order valence-corrected chi connectivity index (χ3v) is 7.14. The normalized spacial score (nSPS) is 11.6. The van der Waals surface area contributed by atoms with Gasteiger partial charge in [-0.05, 0) is 41.0 Å². The lowest BCUT2D eigenvalue weighted by molar-refractivity contribution is 0.0955. The number of rotatable bonds is 9. The summed E-state index contributed by atoms with van der Waals surface area (Å²) in [7, 11) is -3.73. The van der Waals surface area contributed by atoms with E-state index in [-0.39, 0.29) is 23.9 Å². The summed E-state index contributed by atoms with van der Waals surface area (Å²) in [5.74, 6) is -0.346. The summed E-state index contributed by atoms with van der Waals surface area (Å²) in [6.07, 6.45) is 1.57. The van der Waals surface area contributed by atoms with E-state index in [1.807, 2.05) is 60.7 Å². The monoisotopic (exact) mass is 483 g/mol. The quantitative estimate of drug-likeness (QED) is 0.273. The summed E-state index contributed by atoms with van der Waals surface area (Å²) in [5.41, 5.74) is 5.47. The molecule has 0 aliphatic carbocycles. The van der Waals surface area contributed by atoms with Gasteiger partial charge in [-0.2, -0.15) is 9.41 Å². The first kappa shape index (κ1) is 24.1. The molecule has 1 amide bonds. The van der Waals surface area contributed by atoms with Gasteiger partial charge >= 0.3 is 0 Å². The second-order valence-electron chi connectivity index (χ2n) is 7.88. The third-order valence-electron chi connectivity index (χ3n) is 5.34. The predicted octanol–water partition coefficient (Wildman–Crippen LogP) is 4.84. The standard InChI is InChI=1S/C28H25N3O3S/c32-28(30-29-20-23-10-4-1-5-11-23)26-18-16-25(17-19-26)22-31(21-24-12-6-2-7-13-24)35(33,34)27-14-8-3-9-15-27/h1-20H,21-22H2,(H,30,32). The van der Waals surface area contributed by atoms with E-state index in [9.17, 15) is 13.2 Å². The minimum atomic E-state index is -3.73. The molecule has 0 spiro atoms. The average molecular weight is 484 g/mol. The number of hydrazone groups is 1. The van der Waals surface area contributed by atoms with Crippen LogP contribution in [0.2, 0.25) is 0 Å². The molecule has 0 saturated heterocycles. The van der Waals surface area contributed by atoms with E-state index in [4.69, 9.17) is 0 Å². The van der Waals surface area contributed by atoms with Gasteiger partial charge in [0.25, 0.3) is 5.91 Å². The topological polar surface area (TPSA) is 78.8 Å². The van der Waals surface area contributed by atoms with Gasteiger partial charge < -0.3 is 0 Å². The Bertz CT molecular complexity index is 1370. The fraction of sp³-hybridized carbons (Fsp3) is 0.0714. The van der Waals surface area contributed by atoms with Crippen LogP contribution in [0.25, 0.3) is 0 Å². The maximum absolute atomic E-state index is 13.4. The number of hydrogen-bond donors (Lipinski definition) is 1. The fourth-order valence-electron chi connectivity index (χ4n) is 3.49. The Kier molecular flexibility index (Phi) is 7.82. The van der Waals surface area contributed by atoms with Crippen LogP contribution in [-0.2, 0) is 23.1 Å². The molecule has 4 aromatic rings. The van der Waals surface area contributed by atoms with Crippen molar-refractivity contribution >= 4 is 22.1 Å². The van der Waals surface area contributed by atoms with Crippen molar-refractivity contribution in [3.05, 3.63) is 138 Å². The molecule has 0 bridgehead atoms. The number of amides is 1. The van der Waals surface area contributed by atoms with E-state index in [0.29, 0.717) is 5.56 Å². The highest BCUT2D eigenvalue weighted by Gasteiger charge is 2.24. The number of carbonyl (C=O) groups excluding carboxylic acids is 1. The maximum Gasteiger partial charge on any atom is 0.271 e. The summed E-state index contributed by atoms with van der Waals surface area (Å²) >= 11 is 0. The van der Waals surface area contributed by atoms with Crippen LogP contribution in [0.4, 0.5) is 0 Å². The zero-order valence-electron chi connectivity index (χ0n) is 19.0. The van der Waals surface area contributed by atoms with Crippen LogP contribution < -0.4 is 5.43 Å². The summed E-state index contributed by atoms with van der Waals surface area (Å²) in [5, 5.41) is 3.99. The molecule has 0 aliphatic rings. The second kappa shape index (κ2) is 11.4. The molecule has 35 heavy (non-hydrogen) atoms. The van der Waals surface area contributed by atoms with Crippen LogP contribution in [0.15, 0.2) is 125 Å². The van der Waals surface area contributed by atoms with Crippen LogP contribution in [-0.4, -0.2) is 24.8 Å². The lowest BCUT2D eigenvalue weighted by Gasteiger charge is -2.22. The highest BCUT2D eigenvalue weighted by Crippen LogP contribution is 2.21. The van der Waals surface area contributed by atoms with Gasteiger partial charge in [0.1, 0.15) is 0 Å². The molecule has 6 nitrogen and oxygen atoms in total. The molecule has 1 N–H and O–H groups in total.